The summed E-state index contributed by atoms with van der Waals surface area (Å²) in [5, 5.41) is 33.4. The molecule has 0 radical (unpaired) electrons. The van der Waals surface area contributed by atoms with Crippen molar-refractivity contribution in [3.63, 3.8) is 0 Å². The number of benzene rings is 1. The van der Waals surface area contributed by atoms with Crippen molar-refractivity contribution in [1.29, 1.82) is 0 Å². The number of hydrogen-bond acceptors (Lipinski definition) is 9. The van der Waals surface area contributed by atoms with E-state index in [1.165, 1.54) is 13.8 Å². The maximum absolute atomic E-state index is 12.6. The van der Waals surface area contributed by atoms with Crippen LogP contribution in [0.3, 0.4) is 0 Å². The van der Waals surface area contributed by atoms with Crippen molar-refractivity contribution in [1.82, 2.24) is 5.32 Å². The lowest BCUT2D eigenvalue weighted by atomic mass is 10.1. The molecule has 1 rings (SSSR count). The second-order valence-corrected chi connectivity index (χ2v) is 7.02. The van der Waals surface area contributed by atoms with Crippen LogP contribution < -0.4 is 5.32 Å². The Labute approximate surface area is 147 Å². The van der Waals surface area contributed by atoms with Gasteiger partial charge in [-0.1, -0.05) is 0 Å². The Hall–Kier alpha value is -2.40. The van der Waals surface area contributed by atoms with Gasteiger partial charge in [0.2, 0.25) is 0 Å². The van der Waals surface area contributed by atoms with E-state index in [-0.39, 0.29) is 13.2 Å². The molecule has 1 atom stereocenters. The molecule has 13 heteroatoms. The molecule has 144 valence electrons. The van der Waals surface area contributed by atoms with Gasteiger partial charge in [-0.25, -0.2) is 0 Å². The number of hydrogen-bond donors (Lipinski definition) is 2. The molecule has 1 unspecified atom stereocenters. The second kappa shape index (κ2) is 9.34. The summed E-state index contributed by atoms with van der Waals surface area (Å²) in [6.45, 7) is 2.22. The van der Waals surface area contributed by atoms with Crippen LogP contribution in [0.4, 0.5) is 11.4 Å². The van der Waals surface area contributed by atoms with Gasteiger partial charge in [0.25, 0.3) is 17.3 Å². The summed E-state index contributed by atoms with van der Waals surface area (Å²) in [6, 6.07) is 2.34. The fraction of sp³-hybridized carbons (Fsp3) is 0.462. The lowest BCUT2D eigenvalue weighted by molar-refractivity contribution is -0.394. The smallest absolute Gasteiger partial charge is 0.355 e. The van der Waals surface area contributed by atoms with E-state index in [9.17, 15) is 34.7 Å². The molecular weight excluding hydrogens is 373 g/mol. The molecule has 1 aromatic carbocycles. The van der Waals surface area contributed by atoms with Gasteiger partial charge in [0, 0.05) is 12.1 Å². The van der Waals surface area contributed by atoms with Gasteiger partial charge in [0.05, 0.1) is 41.3 Å². The highest BCUT2D eigenvalue weighted by atomic mass is 31.2. The molecule has 0 aliphatic rings. The SMILES string of the molecule is CCOP(=O)(OCC)C(CO)NC(=O)c1cc([N+](=O)[O-])cc([N+](=O)[O-])c1. The Morgan fingerprint density at radius 2 is 1.62 bits per heavy atom. The van der Waals surface area contributed by atoms with Crippen molar-refractivity contribution in [2.75, 3.05) is 19.8 Å². The summed E-state index contributed by atoms with van der Waals surface area (Å²) in [6.07, 6.45) is 0. The largest absolute Gasteiger partial charge is 0.394 e. The molecular formula is C13H18N3O9P. The molecule has 1 amide bonds. The quantitative estimate of drug-likeness (QED) is 0.343. The van der Waals surface area contributed by atoms with E-state index in [4.69, 9.17) is 9.05 Å². The number of carbonyl (C=O) groups excluding carboxylic acids is 1. The van der Waals surface area contributed by atoms with Crippen LogP contribution in [-0.4, -0.2) is 46.5 Å². The third-order valence-electron chi connectivity index (χ3n) is 3.06. The molecule has 1 aromatic rings. The van der Waals surface area contributed by atoms with Crippen LogP contribution in [0.2, 0.25) is 0 Å². The van der Waals surface area contributed by atoms with Crippen LogP contribution in [-0.2, 0) is 13.6 Å². The third-order valence-corrected chi connectivity index (χ3v) is 5.35. The number of nitrogens with one attached hydrogen (secondary N) is 1. The van der Waals surface area contributed by atoms with E-state index >= 15 is 0 Å². The number of amides is 1. The molecule has 2 N–H and O–H groups in total. The summed E-state index contributed by atoms with van der Waals surface area (Å²) >= 11 is 0. The first-order valence-corrected chi connectivity index (χ1v) is 9.04. The minimum absolute atomic E-state index is 0.0219. The molecule has 12 nitrogen and oxygen atoms in total. The van der Waals surface area contributed by atoms with E-state index in [0.717, 1.165) is 12.1 Å². The standard InChI is InChI=1S/C13H18N3O9P/c1-3-24-26(23,25-4-2)12(8-17)14-13(18)9-5-10(15(19)20)7-11(6-9)16(21)22/h5-7,12,17H,3-4,8H2,1-2H3,(H,14,18). The Morgan fingerprint density at radius 3 is 1.96 bits per heavy atom. The average Bonchev–Trinajstić information content (AvgIpc) is 2.59. The van der Waals surface area contributed by atoms with Crippen molar-refractivity contribution < 1.29 is 33.4 Å². The lowest BCUT2D eigenvalue weighted by Gasteiger charge is -2.25. The highest BCUT2D eigenvalue weighted by Gasteiger charge is 2.37. The summed E-state index contributed by atoms with van der Waals surface area (Å²) in [7, 11) is -3.92. The van der Waals surface area contributed by atoms with Crippen LogP contribution in [0.5, 0.6) is 0 Å². The molecule has 0 fully saturated rings. The Bertz CT molecular complexity index is 697. The van der Waals surface area contributed by atoms with Crippen LogP contribution >= 0.6 is 7.60 Å². The van der Waals surface area contributed by atoms with Crippen LogP contribution in [0.25, 0.3) is 0 Å². The highest BCUT2D eigenvalue weighted by Crippen LogP contribution is 2.51. The fourth-order valence-electron chi connectivity index (χ4n) is 1.97. The lowest BCUT2D eigenvalue weighted by Crippen LogP contribution is -2.38. The van der Waals surface area contributed by atoms with Crippen molar-refractivity contribution in [2.24, 2.45) is 0 Å². The summed E-state index contributed by atoms with van der Waals surface area (Å²) in [5.41, 5.74) is -1.74. The minimum atomic E-state index is -3.92. The molecule has 0 spiro atoms. The van der Waals surface area contributed by atoms with Crippen molar-refractivity contribution in [2.45, 2.75) is 19.6 Å². The molecule has 0 aromatic heterocycles. The number of nitrogens with zero attached hydrogens (tertiary/aromatic N) is 2. The van der Waals surface area contributed by atoms with E-state index < -0.39 is 52.7 Å². The zero-order chi connectivity index (χ0) is 19.9. The van der Waals surface area contributed by atoms with Gasteiger partial charge in [0.15, 0.2) is 5.78 Å². The van der Waals surface area contributed by atoms with E-state index in [2.05, 4.69) is 5.32 Å². The van der Waals surface area contributed by atoms with Crippen LogP contribution in [0, 0.1) is 20.2 Å². The predicted molar refractivity (Wildman–Crippen MR) is 88.9 cm³/mol. The number of non-ortho nitro benzene ring substituents is 2. The topological polar surface area (TPSA) is 171 Å². The Kier molecular flexibility index (Phi) is 7.77. The first-order valence-electron chi connectivity index (χ1n) is 7.42. The number of nitro groups is 2. The van der Waals surface area contributed by atoms with Crippen molar-refractivity contribution >= 4 is 24.9 Å². The zero-order valence-corrected chi connectivity index (χ0v) is 14.9. The Balaban J connectivity index is 3.20. The number of rotatable bonds is 10. The van der Waals surface area contributed by atoms with Crippen LogP contribution in [0.15, 0.2) is 18.2 Å². The predicted octanol–water partition coefficient (Wildman–Crippen LogP) is 1.82. The fourth-order valence-corrected chi connectivity index (χ4v) is 3.60. The highest BCUT2D eigenvalue weighted by molar-refractivity contribution is 7.54. The van der Waals surface area contributed by atoms with Gasteiger partial charge in [-0.05, 0) is 13.8 Å². The Morgan fingerprint density at radius 1 is 1.15 bits per heavy atom. The number of carbonyl (C=O) groups is 1. The summed E-state index contributed by atoms with van der Waals surface area (Å²) in [5.74, 6) is -2.47. The third kappa shape index (κ3) is 5.30. The number of aliphatic hydroxyl groups excluding tert-OH is 1. The van der Waals surface area contributed by atoms with Gasteiger partial charge in [-0.2, -0.15) is 0 Å². The van der Waals surface area contributed by atoms with Crippen LogP contribution in [0.1, 0.15) is 24.2 Å². The van der Waals surface area contributed by atoms with Gasteiger partial charge in [0.1, 0.15) is 0 Å². The van der Waals surface area contributed by atoms with Gasteiger partial charge in [-0.3, -0.25) is 29.6 Å². The molecule has 0 aliphatic carbocycles. The van der Waals surface area contributed by atoms with E-state index in [0.29, 0.717) is 6.07 Å². The first-order chi connectivity index (χ1) is 12.2. The second-order valence-electron chi connectivity index (χ2n) is 4.80. The number of nitro benzene ring substituents is 2. The maximum atomic E-state index is 12.6. The molecule has 0 bridgehead atoms. The van der Waals surface area contributed by atoms with Crippen molar-refractivity contribution in [3.8, 4) is 0 Å². The normalized spacial score (nSPS) is 12.4. The van der Waals surface area contributed by atoms with Gasteiger partial charge in [-0.15, -0.1) is 0 Å². The summed E-state index contributed by atoms with van der Waals surface area (Å²) in [4.78, 5) is 32.3. The average molecular weight is 391 g/mol. The molecule has 0 saturated carbocycles. The molecule has 0 heterocycles. The molecule has 0 aliphatic heterocycles. The van der Waals surface area contributed by atoms with Crippen molar-refractivity contribution in [3.05, 3.63) is 44.0 Å². The first kappa shape index (κ1) is 21.6. The maximum Gasteiger partial charge on any atom is 0.355 e. The minimum Gasteiger partial charge on any atom is -0.394 e. The molecule has 0 saturated heterocycles. The molecule has 26 heavy (non-hydrogen) atoms. The zero-order valence-electron chi connectivity index (χ0n) is 14.0. The monoisotopic (exact) mass is 391 g/mol. The van der Waals surface area contributed by atoms with E-state index in [1.54, 1.807) is 0 Å². The number of aliphatic hydroxyl groups is 1. The van der Waals surface area contributed by atoms with E-state index in [1.807, 2.05) is 0 Å². The van der Waals surface area contributed by atoms with Gasteiger partial charge < -0.3 is 19.5 Å². The van der Waals surface area contributed by atoms with Gasteiger partial charge >= 0.3 is 7.60 Å². The summed E-state index contributed by atoms with van der Waals surface area (Å²) < 4.78 is 22.7.